The number of hydrogen-bond donors (Lipinski definition) is 1. The van der Waals surface area contributed by atoms with Gasteiger partial charge in [-0.05, 0) is 31.4 Å². The monoisotopic (exact) mass is 211 g/mol. The average molecular weight is 211 g/mol. The van der Waals surface area contributed by atoms with E-state index in [0.29, 0.717) is 5.56 Å². The predicted octanol–water partition coefficient (Wildman–Crippen LogP) is 2.12. The van der Waals surface area contributed by atoms with E-state index in [1.54, 1.807) is 6.07 Å². The van der Waals surface area contributed by atoms with Crippen molar-refractivity contribution in [2.75, 3.05) is 6.54 Å². The molecule has 3 heteroatoms. The van der Waals surface area contributed by atoms with E-state index in [1.807, 2.05) is 18.2 Å². The van der Waals surface area contributed by atoms with Gasteiger partial charge in [0.2, 0.25) is 0 Å². The molecule has 0 saturated heterocycles. The molecule has 1 unspecified atom stereocenters. The second kappa shape index (κ2) is 4.79. The highest BCUT2D eigenvalue weighted by Gasteiger charge is 2.23. The highest BCUT2D eigenvalue weighted by atomic mass is 14.9. The largest absolute Gasteiger partial charge is 0.298 e. The Morgan fingerprint density at radius 2 is 2.06 bits per heavy atom. The van der Waals surface area contributed by atoms with Gasteiger partial charge in [-0.25, -0.2) is 0 Å². The maximum absolute atomic E-state index is 9.11. The van der Waals surface area contributed by atoms with Crippen molar-refractivity contribution in [1.29, 1.82) is 10.5 Å². The summed E-state index contributed by atoms with van der Waals surface area (Å²) in [6.45, 7) is 0.873. The zero-order chi connectivity index (χ0) is 11.4. The summed E-state index contributed by atoms with van der Waals surface area (Å²) in [7, 11) is 0. The number of hydrogen-bond acceptors (Lipinski definition) is 3. The Morgan fingerprint density at radius 1 is 1.31 bits per heavy atom. The molecule has 0 bridgehead atoms. The van der Waals surface area contributed by atoms with Crippen LogP contribution in [0.5, 0.6) is 0 Å². The van der Waals surface area contributed by atoms with Crippen LogP contribution in [0, 0.1) is 28.6 Å². The van der Waals surface area contributed by atoms with Gasteiger partial charge in [0.15, 0.2) is 0 Å². The highest BCUT2D eigenvalue weighted by molar-refractivity contribution is 5.41. The predicted molar refractivity (Wildman–Crippen MR) is 60.2 cm³/mol. The Bertz CT molecular complexity index is 449. The quantitative estimate of drug-likeness (QED) is 0.829. The van der Waals surface area contributed by atoms with Gasteiger partial charge < -0.3 is 0 Å². The number of nitrogens with one attached hydrogen (secondary N) is 1. The van der Waals surface area contributed by atoms with Crippen LogP contribution in [0.4, 0.5) is 0 Å². The number of nitriles is 2. The van der Waals surface area contributed by atoms with E-state index in [4.69, 9.17) is 10.5 Å². The zero-order valence-electron chi connectivity index (χ0n) is 8.98. The first-order valence-corrected chi connectivity index (χ1v) is 5.47. The summed E-state index contributed by atoms with van der Waals surface area (Å²) in [6.07, 6.45) is 2.51. The van der Waals surface area contributed by atoms with Crippen LogP contribution in [0.15, 0.2) is 24.3 Å². The third-order valence-corrected chi connectivity index (χ3v) is 2.83. The molecular formula is C13H13N3. The lowest BCUT2D eigenvalue weighted by Crippen LogP contribution is -2.23. The van der Waals surface area contributed by atoms with Crippen molar-refractivity contribution in [2.24, 2.45) is 5.92 Å². The van der Waals surface area contributed by atoms with Crippen molar-refractivity contribution in [3.63, 3.8) is 0 Å². The Labute approximate surface area is 95.3 Å². The van der Waals surface area contributed by atoms with Crippen LogP contribution in [0.1, 0.15) is 30.0 Å². The first-order valence-electron chi connectivity index (χ1n) is 5.47. The molecule has 1 aliphatic rings. The summed E-state index contributed by atoms with van der Waals surface area (Å²) in [6, 6.07) is 11.2. The van der Waals surface area contributed by atoms with E-state index in [-0.39, 0.29) is 6.04 Å². The van der Waals surface area contributed by atoms with Crippen LogP contribution in [-0.2, 0) is 0 Å². The van der Waals surface area contributed by atoms with Crippen LogP contribution in [0.3, 0.4) is 0 Å². The highest BCUT2D eigenvalue weighted by Crippen LogP contribution is 2.28. The van der Waals surface area contributed by atoms with Crippen molar-refractivity contribution < 1.29 is 0 Å². The summed E-state index contributed by atoms with van der Waals surface area (Å²) >= 11 is 0. The summed E-state index contributed by atoms with van der Waals surface area (Å²) in [4.78, 5) is 0. The minimum atomic E-state index is -0.364. The smallest absolute Gasteiger partial charge is 0.122 e. The van der Waals surface area contributed by atoms with Crippen molar-refractivity contribution >= 4 is 0 Å². The molecule has 1 fully saturated rings. The van der Waals surface area contributed by atoms with Crippen LogP contribution in [0.25, 0.3) is 0 Å². The van der Waals surface area contributed by atoms with E-state index >= 15 is 0 Å². The minimum absolute atomic E-state index is 0.364. The van der Waals surface area contributed by atoms with E-state index in [1.165, 1.54) is 12.8 Å². The molecule has 1 aromatic carbocycles. The lowest BCUT2D eigenvalue weighted by molar-refractivity contribution is 0.592. The molecule has 2 rings (SSSR count). The topological polar surface area (TPSA) is 59.6 Å². The average Bonchev–Trinajstić information content (AvgIpc) is 3.14. The Balaban J connectivity index is 2.12. The molecular weight excluding hydrogens is 198 g/mol. The molecule has 0 amide bonds. The summed E-state index contributed by atoms with van der Waals surface area (Å²) < 4.78 is 0. The second-order valence-electron chi connectivity index (χ2n) is 4.11. The van der Waals surface area contributed by atoms with Gasteiger partial charge >= 0.3 is 0 Å². The minimum Gasteiger partial charge on any atom is -0.298 e. The first kappa shape index (κ1) is 10.7. The van der Waals surface area contributed by atoms with Gasteiger partial charge in [-0.2, -0.15) is 10.5 Å². The normalized spacial score (nSPS) is 16.1. The number of nitrogens with zero attached hydrogens (tertiary/aromatic N) is 2. The fourth-order valence-electron chi connectivity index (χ4n) is 1.68. The number of rotatable bonds is 4. The molecule has 1 atom stereocenters. The Kier molecular flexibility index (Phi) is 3.19. The molecule has 3 nitrogen and oxygen atoms in total. The maximum atomic E-state index is 9.11. The lowest BCUT2D eigenvalue weighted by Gasteiger charge is -2.12. The van der Waals surface area contributed by atoms with E-state index in [0.717, 1.165) is 18.0 Å². The van der Waals surface area contributed by atoms with Crippen molar-refractivity contribution in [3.8, 4) is 12.1 Å². The van der Waals surface area contributed by atoms with Crippen LogP contribution in [-0.4, -0.2) is 6.54 Å². The van der Waals surface area contributed by atoms with Gasteiger partial charge in [-0.1, -0.05) is 18.2 Å². The first-order chi connectivity index (χ1) is 7.85. The van der Waals surface area contributed by atoms with E-state index < -0.39 is 0 Å². The Morgan fingerprint density at radius 3 is 2.69 bits per heavy atom. The zero-order valence-corrected chi connectivity index (χ0v) is 8.98. The molecule has 0 radical (unpaired) electrons. The van der Waals surface area contributed by atoms with E-state index in [9.17, 15) is 0 Å². The van der Waals surface area contributed by atoms with Crippen LogP contribution < -0.4 is 5.32 Å². The lowest BCUT2D eigenvalue weighted by atomic mass is 10.0. The molecule has 1 saturated carbocycles. The van der Waals surface area contributed by atoms with Gasteiger partial charge in [0.1, 0.15) is 6.04 Å². The molecule has 1 aliphatic carbocycles. The van der Waals surface area contributed by atoms with Gasteiger partial charge in [0.25, 0.3) is 0 Å². The molecule has 0 aliphatic heterocycles. The molecule has 0 heterocycles. The van der Waals surface area contributed by atoms with Crippen LogP contribution >= 0.6 is 0 Å². The molecule has 80 valence electrons. The van der Waals surface area contributed by atoms with Gasteiger partial charge in [-0.3, -0.25) is 5.32 Å². The molecule has 1 N–H and O–H groups in total. The molecule has 16 heavy (non-hydrogen) atoms. The number of benzene rings is 1. The van der Waals surface area contributed by atoms with Gasteiger partial charge in [-0.15, -0.1) is 0 Å². The van der Waals surface area contributed by atoms with Crippen molar-refractivity contribution in [3.05, 3.63) is 35.4 Å². The maximum Gasteiger partial charge on any atom is 0.122 e. The molecule has 0 aromatic heterocycles. The summed E-state index contributed by atoms with van der Waals surface area (Å²) in [5.74, 6) is 0.727. The summed E-state index contributed by atoms with van der Waals surface area (Å²) in [5, 5.41) is 21.3. The third kappa shape index (κ3) is 2.39. The fraction of sp³-hybridized carbons (Fsp3) is 0.385. The SMILES string of the molecule is N#Cc1ccccc1C(C#N)NCC1CC1. The second-order valence-corrected chi connectivity index (χ2v) is 4.11. The fourth-order valence-corrected chi connectivity index (χ4v) is 1.68. The van der Waals surface area contributed by atoms with Gasteiger partial charge in [0, 0.05) is 5.56 Å². The molecule has 1 aromatic rings. The van der Waals surface area contributed by atoms with Gasteiger partial charge in [0.05, 0.1) is 17.7 Å². The Hall–Kier alpha value is -1.84. The molecule has 0 spiro atoms. The standard InChI is InChI=1S/C13H13N3/c14-7-11-3-1-2-4-12(11)13(8-15)16-9-10-5-6-10/h1-4,10,13,16H,5-6,9H2. The van der Waals surface area contributed by atoms with E-state index in [2.05, 4.69) is 17.5 Å². The third-order valence-electron chi connectivity index (χ3n) is 2.83. The van der Waals surface area contributed by atoms with Crippen molar-refractivity contribution in [2.45, 2.75) is 18.9 Å². The van der Waals surface area contributed by atoms with Crippen LogP contribution in [0.2, 0.25) is 0 Å². The summed E-state index contributed by atoms with van der Waals surface area (Å²) in [5.41, 5.74) is 1.37. The van der Waals surface area contributed by atoms with Crippen molar-refractivity contribution in [1.82, 2.24) is 5.32 Å².